The molecule has 1 N–H and O–H groups in total. The Hall–Kier alpha value is -1.70. The Morgan fingerprint density at radius 2 is 2.00 bits per heavy atom. The maximum atomic E-state index is 12.3. The number of carboxylic acids is 1. The molecular formula is C14H22N2O3. The first kappa shape index (κ1) is 15.4. The molecule has 1 aliphatic rings. The summed E-state index contributed by atoms with van der Waals surface area (Å²) >= 11 is 0. The Balaban J connectivity index is 2.71. The van der Waals surface area contributed by atoms with Gasteiger partial charge in [-0.1, -0.05) is 25.7 Å². The van der Waals surface area contributed by atoms with Gasteiger partial charge in [0.05, 0.1) is 6.54 Å². The number of terminal acetylenes is 1. The largest absolute Gasteiger partial charge is 0.480 e. The SMILES string of the molecule is C#CCN(CC(=O)O)C(=O)N(C)C1CCCCC1C. The number of carboxylic acid groups (broad SMARTS) is 1. The smallest absolute Gasteiger partial charge is 0.323 e. The van der Waals surface area contributed by atoms with E-state index >= 15 is 0 Å². The van der Waals surface area contributed by atoms with Crippen molar-refractivity contribution in [1.29, 1.82) is 0 Å². The lowest BCUT2D eigenvalue weighted by Gasteiger charge is -2.38. The van der Waals surface area contributed by atoms with E-state index in [1.54, 1.807) is 11.9 Å². The predicted octanol–water partition coefficient (Wildman–Crippen LogP) is 1.64. The van der Waals surface area contributed by atoms with E-state index in [1.165, 1.54) is 11.3 Å². The van der Waals surface area contributed by atoms with Gasteiger partial charge in [-0.15, -0.1) is 6.42 Å². The maximum Gasteiger partial charge on any atom is 0.323 e. The first-order valence-corrected chi connectivity index (χ1v) is 6.64. The number of carbonyl (C=O) groups is 2. The van der Waals surface area contributed by atoms with Crippen LogP contribution in [0.1, 0.15) is 32.6 Å². The van der Waals surface area contributed by atoms with Crippen LogP contribution in [0.25, 0.3) is 0 Å². The van der Waals surface area contributed by atoms with Crippen molar-refractivity contribution in [2.45, 2.75) is 38.6 Å². The van der Waals surface area contributed by atoms with Crippen LogP contribution in [-0.2, 0) is 4.79 Å². The first-order valence-electron chi connectivity index (χ1n) is 6.64. The Labute approximate surface area is 114 Å². The number of carbonyl (C=O) groups excluding carboxylic acids is 1. The van der Waals surface area contributed by atoms with Gasteiger partial charge < -0.3 is 14.9 Å². The summed E-state index contributed by atoms with van der Waals surface area (Å²) in [6.45, 7) is 1.81. The van der Waals surface area contributed by atoms with E-state index in [4.69, 9.17) is 11.5 Å². The van der Waals surface area contributed by atoms with Gasteiger partial charge in [0.25, 0.3) is 0 Å². The van der Waals surface area contributed by atoms with Gasteiger partial charge in [0.1, 0.15) is 6.54 Å². The highest BCUT2D eigenvalue weighted by molar-refractivity contribution is 5.80. The van der Waals surface area contributed by atoms with E-state index in [2.05, 4.69) is 12.8 Å². The maximum absolute atomic E-state index is 12.3. The average Bonchev–Trinajstić information content (AvgIpc) is 2.36. The molecule has 0 aromatic heterocycles. The zero-order valence-electron chi connectivity index (χ0n) is 11.6. The van der Waals surface area contributed by atoms with Crippen LogP contribution in [0, 0.1) is 18.3 Å². The molecule has 1 saturated carbocycles. The molecule has 0 spiro atoms. The van der Waals surface area contributed by atoms with Crippen molar-refractivity contribution >= 4 is 12.0 Å². The van der Waals surface area contributed by atoms with Crippen LogP contribution < -0.4 is 0 Å². The number of rotatable bonds is 4. The van der Waals surface area contributed by atoms with Gasteiger partial charge in [-0.3, -0.25) is 4.79 Å². The molecule has 2 atom stereocenters. The summed E-state index contributed by atoms with van der Waals surface area (Å²) in [4.78, 5) is 25.9. The van der Waals surface area contributed by atoms with Crippen LogP contribution >= 0.6 is 0 Å². The number of nitrogens with zero attached hydrogens (tertiary/aromatic N) is 2. The third kappa shape index (κ3) is 4.16. The second kappa shape index (κ2) is 7.03. The topological polar surface area (TPSA) is 60.9 Å². The van der Waals surface area contributed by atoms with Gasteiger partial charge in [0, 0.05) is 13.1 Å². The van der Waals surface area contributed by atoms with Gasteiger partial charge in [-0.05, 0) is 18.8 Å². The summed E-state index contributed by atoms with van der Waals surface area (Å²) in [7, 11) is 1.74. The van der Waals surface area contributed by atoms with Crippen LogP contribution in [0.3, 0.4) is 0 Å². The minimum Gasteiger partial charge on any atom is -0.480 e. The zero-order valence-corrected chi connectivity index (χ0v) is 11.6. The highest BCUT2D eigenvalue weighted by atomic mass is 16.4. The van der Waals surface area contributed by atoms with Crippen molar-refractivity contribution < 1.29 is 14.7 Å². The molecule has 1 fully saturated rings. The second-order valence-corrected chi connectivity index (χ2v) is 5.18. The van der Waals surface area contributed by atoms with Crippen molar-refractivity contribution in [1.82, 2.24) is 9.80 Å². The van der Waals surface area contributed by atoms with Crippen molar-refractivity contribution in [2.75, 3.05) is 20.1 Å². The summed E-state index contributed by atoms with van der Waals surface area (Å²) in [5, 5.41) is 8.82. The number of urea groups is 1. The third-order valence-electron chi connectivity index (χ3n) is 3.74. The highest BCUT2D eigenvalue weighted by Gasteiger charge is 2.30. The molecule has 1 rings (SSSR count). The molecular weight excluding hydrogens is 244 g/mol. The van der Waals surface area contributed by atoms with Crippen molar-refractivity contribution in [3.05, 3.63) is 0 Å². The van der Waals surface area contributed by atoms with Crippen molar-refractivity contribution in [2.24, 2.45) is 5.92 Å². The van der Waals surface area contributed by atoms with Crippen LogP contribution in [0.5, 0.6) is 0 Å². The summed E-state index contributed by atoms with van der Waals surface area (Å²) in [5.41, 5.74) is 0. The number of hydrogen-bond donors (Lipinski definition) is 1. The molecule has 106 valence electrons. The van der Waals surface area contributed by atoms with Crippen LogP contribution in [-0.4, -0.2) is 53.1 Å². The Bertz CT molecular complexity index is 375. The molecule has 2 unspecified atom stereocenters. The molecule has 2 amide bonds. The van der Waals surface area contributed by atoms with Crippen molar-refractivity contribution in [3.63, 3.8) is 0 Å². The zero-order chi connectivity index (χ0) is 14.4. The second-order valence-electron chi connectivity index (χ2n) is 5.18. The fourth-order valence-corrected chi connectivity index (χ4v) is 2.70. The average molecular weight is 266 g/mol. The normalized spacial score (nSPS) is 22.4. The van der Waals surface area contributed by atoms with Crippen LogP contribution in [0.2, 0.25) is 0 Å². The van der Waals surface area contributed by atoms with Gasteiger partial charge in [0.15, 0.2) is 0 Å². The van der Waals surface area contributed by atoms with Gasteiger partial charge in [0.2, 0.25) is 0 Å². The summed E-state index contributed by atoms with van der Waals surface area (Å²) < 4.78 is 0. The van der Waals surface area contributed by atoms with E-state index in [-0.39, 0.29) is 25.2 Å². The standard InChI is InChI=1S/C14H22N2O3/c1-4-9-16(10-13(17)18)14(19)15(3)12-8-6-5-7-11(12)2/h1,11-12H,5-10H2,2-3H3,(H,17,18). The van der Waals surface area contributed by atoms with E-state index < -0.39 is 5.97 Å². The van der Waals surface area contributed by atoms with E-state index in [1.807, 2.05) is 0 Å². The molecule has 0 radical (unpaired) electrons. The van der Waals surface area contributed by atoms with E-state index in [0.29, 0.717) is 5.92 Å². The third-order valence-corrected chi connectivity index (χ3v) is 3.74. The van der Waals surface area contributed by atoms with Gasteiger partial charge in [-0.2, -0.15) is 0 Å². The molecule has 0 saturated heterocycles. The Morgan fingerprint density at radius 3 is 2.53 bits per heavy atom. The minimum absolute atomic E-state index is 0.0244. The fourth-order valence-electron chi connectivity index (χ4n) is 2.70. The summed E-state index contributed by atoms with van der Waals surface area (Å²) in [6, 6.07) is -0.116. The molecule has 0 aromatic carbocycles. The lowest BCUT2D eigenvalue weighted by Crippen LogP contribution is -2.50. The monoisotopic (exact) mass is 266 g/mol. The van der Waals surface area contributed by atoms with E-state index in [9.17, 15) is 9.59 Å². The molecule has 19 heavy (non-hydrogen) atoms. The molecule has 0 bridgehead atoms. The number of aliphatic carboxylic acids is 1. The summed E-state index contributed by atoms with van der Waals surface area (Å²) in [6.07, 6.45) is 9.58. The molecule has 5 heteroatoms. The lowest BCUT2D eigenvalue weighted by atomic mass is 9.85. The molecule has 0 aliphatic heterocycles. The van der Waals surface area contributed by atoms with Gasteiger partial charge in [-0.25, -0.2) is 4.79 Å². The number of hydrogen-bond acceptors (Lipinski definition) is 2. The minimum atomic E-state index is -1.05. The highest BCUT2D eigenvalue weighted by Crippen LogP contribution is 2.27. The Morgan fingerprint density at radius 1 is 1.37 bits per heavy atom. The molecule has 0 aromatic rings. The number of amides is 2. The molecule has 1 aliphatic carbocycles. The Kier molecular flexibility index (Phi) is 5.68. The van der Waals surface area contributed by atoms with Crippen LogP contribution in [0.4, 0.5) is 4.79 Å². The first-order chi connectivity index (χ1) is 8.97. The lowest BCUT2D eigenvalue weighted by molar-refractivity contribution is -0.137. The summed E-state index contributed by atoms with van der Waals surface area (Å²) in [5.74, 6) is 1.74. The van der Waals surface area contributed by atoms with Gasteiger partial charge >= 0.3 is 12.0 Å². The molecule has 5 nitrogen and oxygen atoms in total. The predicted molar refractivity (Wildman–Crippen MR) is 72.6 cm³/mol. The fraction of sp³-hybridized carbons (Fsp3) is 0.714. The van der Waals surface area contributed by atoms with Crippen molar-refractivity contribution in [3.8, 4) is 12.3 Å². The van der Waals surface area contributed by atoms with E-state index in [0.717, 1.165) is 19.3 Å². The van der Waals surface area contributed by atoms with Crippen LogP contribution in [0.15, 0.2) is 0 Å². The molecule has 0 heterocycles. The quantitative estimate of drug-likeness (QED) is 0.787.